The number of benzene rings is 2. The second-order valence-corrected chi connectivity index (χ2v) is 7.81. The zero-order valence-corrected chi connectivity index (χ0v) is 17.5. The van der Waals surface area contributed by atoms with Crippen LogP contribution in [0.4, 0.5) is 0 Å². The predicted octanol–water partition coefficient (Wildman–Crippen LogP) is 3.87. The second kappa shape index (κ2) is 9.73. The maximum absolute atomic E-state index is 11.6. The minimum Gasteiger partial charge on any atom is -0.493 e. The van der Waals surface area contributed by atoms with Crippen LogP contribution in [0.15, 0.2) is 47.4 Å². The lowest BCUT2D eigenvalue weighted by atomic mass is 10.1. The van der Waals surface area contributed by atoms with Gasteiger partial charge in [-0.3, -0.25) is 9.31 Å². The lowest BCUT2D eigenvalue weighted by Crippen LogP contribution is -2.03. The van der Waals surface area contributed by atoms with E-state index in [1.807, 2.05) is 25.1 Å². The van der Waals surface area contributed by atoms with Crippen LogP contribution in [0.25, 0.3) is 0 Å². The van der Waals surface area contributed by atoms with Crippen LogP contribution in [0, 0.1) is 22.7 Å². The lowest BCUT2D eigenvalue weighted by Gasteiger charge is -2.10. The molecule has 0 radical (unpaired) electrons. The summed E-state index contributed by atoms with van der Waals surface area (Å²) in [5, 5.41) is 25.6. The number of aromatic nitrogens is 2. The summed E-state index contributed by atoms with van der Waals surface area (Å²) in [5.74, 6) is 1.62. The van der Waals surface area contributed by atoms with Crippen LogP contribution in [-0.2, 0) is 23.6 Å². The van der Waals surface area contributed by atoms with Gasteiger partial charge in [-0.25, -0.2) is 0 Å². The molecule has 0 aliphatic carbocycles. The summed E-state index contributed by atoms with van der Waals surface area (Å²) in [4.78, 5) is 0.706. The van der Waals surface area contributed by atoms with Gasteiger partial charge in [-0.15, -0.1) is 0 Å². The highest BCUT2D eigenvalue weighted by Crippen LogP contribution is 2.30. The predicted molar refractivity (Wildman–Crippen MR) is 112 cm³/mol. The van der Waals surface area contributed by atoms with Crippen LogP contribution in [0.2, 0.25) is 0 Å². The number of rotatable bonds is 8. The van der Waals surface area contributed by atoms with Crippen molar-refractivity contribution in [1.82, 2.24) is 10.2 Å². The molecule has 152 valence electrons. The molecule has 1 heterocycles. The number of aromatic amines is 1. The van der Waals surface area contributed by atoms with E-state index in [1.165, 1.54) is 6.07 Å². The van der Waals surface area contributed by atoms with E-state index in [0.29, 0.717) is 52.7 Å². The molecular formula is C22H20N4O3S. The minimum atomic E-state index is -1.07. The van der Waals surface area contributed by atoms with E-state index < -0.39 is 10.8 Å². The van der Waals surface area contributed by atoms with Crippen LogP contribution in [0.1, 0.15) is 29.4 Å². The van der Waals surface area contributed by atoms with Crippen molar-refractivity contribution in [3.05, 3.63) is 65.0 Å². The standard InChI is InChI=1S/C22H20N4O3S/c1-3-20-22(29-18-10-15(13-23)9-16(11-18)14-24)21(26-25-20)7-8-28-17-5-4-6-19(12-17)30(2)27/h4-6,9-12H,3,7-8H2,1-2H3,(H,25,26). The normalized spacial score (nSPS) is 11.3. The van der Waals surface area contributed by atoms with Gasteiger partial charge < -0.3 is 9.47 Å². The highest BCUT2D eigenvalue weighted by atomic mass is 32.2. The molecule has 0 bridgehead atoms. The molecule has 0 fully saturated rings. The Morgan fingerprint density at radius 1 is 1.10 bits per heavy atom. The van der Waals surface area contributed by atoms with Gasteiger partial charge in [0.1, 0.15) is 17.2 Å². The minimum absolute atomic E-state index is 0.351. The van der Waals surface area contributed by atoms with Crippen molar-refractivity contribution in [1.29, 1.82) is 10.5 Å². The molecule has 0 aliphatic heterocycles. The van der Waals surface area contributed by atoms with E-state index in [2.05, 4.69) is 10.2 Å². The largest absolute Gasteiger partial charge is 0.493 e. The van der Waals surface area contributed by atoms with Gasteiger partial charge in [0.15, 0.2) is 5.75 Å². The molecule has 7 nitrogen and oxygen atoms in total. The Balaban J connectivity index is 1.76. The van der Waals surface area contributed by atoms with Crippen molar-refractivity contribution in [2.24, 2.45) is 0 Å². The van der Waals surface area contributed by atoms with Crippen LogP contribution >= 0.6 is 0 Å². The first-order chi connectivity index (χ1) is 14.5. The zero-order valence-electron chi connectivity index (χ0n) is 16.6. The molecule has 3 aromatic rings. The topological polar surface area (TPSA) is 112 Å². The fraction of sp³-hybridized carbons (Fsp3) is 0.227. The molecule has 0 saturated carbocycles. The molecule has 1 N–H and O–H groups in total. The number of hydrogen-bond acceptors (Lipinski definition) is 6. The molecule has 1 unspecified atom stereocenters. The van der Waals surface area contributed by atoms with Gasteiger partial charge in [0, 0.05) is 28.4 Å². The first-order valence-electron chi connectivity index (χ1n) is 9.29. The van der Waals surface area contributed by atoms with Gasteiger partial charge in [0.05, 0.1) is 35.6 Å². The van der Waals surface area contributed by atoms with Crippen molar-refractivity contribution in [2.75, 3.05) is 12.9 Å². The smallest absolute Gasteiger partial charge is 0.171 e. The van der Waals surface area contributed by atoms with Crippen LogP contribution in [0.3, 0.4) is 0 Å². The van der Waals surface area contributed by atoms with E-state index in [1.54, 1.807) is 36.6 Å². The molecule has 30 heavy (non-hydrogen) atoms. The Bertz CT molecular complexity index is 1130. The van der Waals surface area contributed by atoms with Crippen molar-refractivity contribution < 1.29 is 13.7 Å². The number of ether oxygens (including phenoxy) is 2. The quantitative estimate of drug-likeness (QED) is 0.592. The van der Waals surface area contributed by atoms with E-state index in [-0.39, 0.29) is 0 Å². The molecular weight excluding hydrogens is 400 g/mol. The van der Waals surface area contributed by atoms with Crippen LogP contribution in [0.5, 0.6) is 17.2 Å². The van der Waals surface area contributed by atoms with Gasteiger partial charge in [-0.2, -0.15) is 15.6 Å². The summed E-state index contributed by atoms with van der Waals surface area (Å²) in [6.45, 7) is 2.33. The Kier molecular flexibility index (Phi) is 6.84. The molecule has 1 aromatic heterocycles. The van der Waals surface area contributed by atoms with E-state index in [9.17, 15) is 14.7 Å². The number of aryl methyl sites for hydroxylation is 1. The molecule has 8 heteroatoms. The van der Waals surface area contributed by atoms with Crippen LogP contribution in [-0.4, -0.2) is 27.3 Å². The van der Waals surface area contributed by atoms with Gasteiger partial charge >= 0.3 is 0 Å². The zero-order chi connectivity index (χ0) is 21.5. The first-order valence-corrected chi connectivity index (χ1v) is 10.9. The third-order valence-corrected chi connectivity index (χ3v) is 5.26. The van der Waals surface area contributed by atoms with Gasteiger partial charge in [-0.05, 0) is 42.8 Å². The molecule has 0 amide bonds. The lowest BCUT2D eigenvalue weighted by molar-refractivity contribution is 0.317. The van der Waals surface area contributed by atoms with Crippen molar-refractivity contribution in [3.8, 4) is 29.4 Å². The first kappa shape index (κ1) is 21.1. The molecule has 0 spiro atoms. The third kappa shape index (κ3) is 5.05. The number of nitrogens with zero attached hydrogens (tertiary/aromatic N) is 3. The SMILES string of the molecule is CCc1n[nH]c(CCOc2cccc(S(C)=O)c2)c1Oc1cc(C#N)cc(C#N)c1. The highest BCUT2D eigenvalue weighted by molar-refractivity contribution is 7.84. The molecule has 3 rings (SSSR count). The summed E-state index contributed by atoms with van der Waals surface area (Å²) >= 11 is 0. The van der Waals surface area contributed by atoms with Crippen molar-refractivity contribution >= 4 is 10.8 Å². The van der Waals surface area contributed by atoms with Gasteiger partial charge in [0.25, 0.3) is 0 Å². The van der Waals surface area contributed by atoms with E-state index in [4.69, 9.17) is 9.47 Å². The monoisotopic (exact) mass is 420 g/mol. The number of H-pyrrole nitrogens is 1. The van der Waals surface area contributed by atoms with Gasteiger partial charge in [0.2, 0.25) is 0 Å². The number of nitriles is 2. The number of nitrogens with one attached hydrogen (secondary N) is 1. The summed E-state index contributed by atoms with van der Waals surface area (Å²) in [6, 6.07) is 15.9. The summed E-state index contributed by atoms with van der Waals surface area (Å²) in [7, 11) is -1.07. The summed E-state index contributed by atoms with van der Waals surface area (Å²) < 4.78 is 23.4. The maximum atomic E-state index is 11.6. The summed E-state index contributed by atoms with van der Waals surface area (Å²) in [6.07, 6.45) is 2.78. The fourth-order valence-corrected chi connectivity index (χ4v) is 3.41. The van der Waals surface area contributed by atoms with Crippen molar-refractivity contribution in [2.45, 2.75) is 24.7 Å². The van der Waals surface area contributed by atoms with E-state index >= 15 is 0 Å². The second-order valence-electron chi connectivity index (χ2n) is 6.43. The van der Waals surface area contributed by atoms with Crippen LogP contribution < -0.4 is 9.47 Å². The molecule has 2 aromatic carbocycles. The molecule has 1 atom stereocenters. The summed E-state index contributed by atoms with van der Waals surface area (Å²) in [5.41, 5.74) is 2.20. The fourth-order valence-electron chi connectivity index (χ4n) is 2.86. The van der Waals surface area contributed by atoms with Gasteiger partial charge in [-0.1, -0.05) is 13.0 Å². The Morgan fingerprint density at radius 2 is 1.83 bits per heavy atom. The maximum Gasteiger partial charge on any atom is 0.171 e. The van der Waals surface area contributed by atoms with E-state index in [0.717, 1.165) is 11.4 Å². The Labute approximate surface area is 177 Å². The molecule has 0 saturated heterocycles. The highest BCUT2D eigenvalue weighted by Gasteiger charge is 2.16. The van der Waals surface area contributed by atoms with Crippen molar-refractivity contribution in [3.63, 3.8) is 0 Å². The third-order valence-electron chi connectivity index (χ3n) is 4.34. The average Bonchev–Trinajstić information content (AvgIpc) is 3.15. The Morgan fingerprint density at radius 3 is 2.47 bits per heavy atom. The number of hydrogen-bond donors (Lipinski definition) is 1. The Hall–Kier alpha value is -3.62. The molecule has 0 aliphatic rings. The average molecular weight is 420 g/mol.